The van der Waals surface area contributed by atoms with E-state index < -0.39 is 0 Å². The number of amides is 2. The van der Waals surface area contributed by atoms with E-state index in [-0.39, 0.29) is 17.7 Å². The second-order valence-electron chi connectivity index (χ2n) is 9.08. The van der Waals surface area contributed by atoms with Crippen LogP contribution in [0.2, 0.25) is 0 Å². The van der Waals surface area contributed by atoms with Gasteiger partial charge < -0.3 is 9.80 Å². The van der Waals surface area contributed by atoms with Gasteiger partial charge in [-0.05, 0) is 43.4 Å². The van der Waals surface area contributed by atoms with Gasteiger partial charge in [-0.15, -0.1) is 0 Å². The molecule has 3 aliphatic rings. The Morgan fingerprint density at radius 2 is 1.76 bits per heavy atom. The zero-order valence-electron chi connectivity index (χ0n) is 16.4. The lowest BCUT2D eigenvalue weighted by Crippen LogP contribution is -2.47. The number of nitrogens with zero attached hydrogens (tertiary/aromatic N) is 2. The molecule has 4 atom stereocenters. The van der Waals surface area contributed by atoms with Crippen LogP contribution in [0, 0.1) is 23.7 Å². The largest absolute Gasteiger partial charge is 0.342 e. The third kappa shape index (κ3) is 4.20. The fourth-order valence-electron chi connectivity index (χ4n) is 5.28. The van der Waals surface area contributed by atoms with Crippen molar-refractivity contribution < 1.29 is 9.59 Å². The summed E-state index contributed by atoms with van der Waals surface area (Å²) in [5.74, 6) is 2.24. The summed E-state index contributed by atoms with van der Waals surface area (Å²) in [7, 11) is 0. The monoisotopic (exact) mass is 348 g/mol. The fourth-order valence-corrected chi connectivity index (χ4v) is 5.28. The highest BCUT2D eigenvalue weighted by molar-refractivity contribution is 5.89. The molecule has 2 amide bonds. The van der Waals surface area contributed by atoms with Crippen molar-refractivity contribution in [2.75, 3.05) is 19.6 Å². The van der Waals surface area contributed by atoms with Crippen molar-refractivity contribution in [3.05, 3.63) is 0 Å². The zero-order valence-corrected chi connectivity index (χ0v) is 16.4. The van der Waals surface area contributed by atoms with E-state index in [1.807, 2.05) is 4.90 Å². The highest BCUT2D eigenvalue weighted by Crippen LogP contribution is 2.39. The molecule has 25 heavy (non-hydrogen) atoms. The lowest BCUT2D eigenvalue weighted by Gasteiger charge is -2.42. The standard InChI is InChI=1S/C21H36N2O2/c1-15(2)18-9-8-16(3)12-19(18)23-14-17(13-20(23)24)21(25)22-10-6-4-5-7-11-22/h15-19H,4-14H2,1-3H3/t16-,17?,18+,19-/m1/s1. The molecule has 0 spiro atoms. The second-order valence-corrected chi connectivity index (χ2v) is 9.08. The summed E-state index contributed by atoms with van der Waals surface area (Å²) >= 11 is 0. The van der Waals surface area contributed by atoms with Crippen LogP contribution in [-0.4, -0.2) is 47.3 Å². The molecule has 0 N–H and O–H groups in total. The Balaban J connectivity index is 1.67. The molecule has 0 aromatic rings. The Hall–Kier alpha value is -1.06. The van der Waals surface area contributed by atoms with Crippen LogP contribution in [0.5, 0.6) is 0 Å². The maximum absolute atomic E-state index is 13.0. The van der Waals surface area contributed by atoms with Crippen molar-refractivity contribution in [1.82, 2.24) is 9.80 Å². The van der Waals surface area contributed by atoms with Gasteiger partial charge in [0.2, 0.25) is 11.8 Å². The molecule has 142 valence electrons. The molecule has 3 fully saturated rings. The summed E-state index contributed by atoms with van der Waals surface area (Å²) in [5, 5.41) is 0. The van der Waals surface area contributed by atoms with Crippen LogP contribution in [0.15, 0.2) is 0 Å². The molecule has 1 saturated carbocycles. The first-order valence-corrected chi connectivity index (χ1v) is 10.6. The number of carbonyl (C=O) groups is 2. The van der Waals surface area contributed by atoms with E-state index in [0.717, 1.165) is 32.4 Å². The first-order chi connectivity index (χ1) is 12.0. The maximum atomic E-state index is 13.0. The Morgan fingerprint density at radius 3 is 2.40 bits per heavy atom. The number of rotatable bonds is 3. The van der Waals surface area contributed by atoms with Crippen LogP contribution in [0.3, 0.4) is 0 Å². The van der Waals surface area contributed by atoms with Crippen LogP contribution >= 0.6 is 0 Å². The van der Waals surface area contributed by atoms with Gasteiger partial charge in [0.1, 0.15) is 0 Å². The van der Waals surface area contributed by atoms with Crippen LogP contribution in [0.4, 0.5) is 0 Å². The van der Waals surface area contributed by atoms with Crippen molar-refractivity contribution >= 4 is 11.8 Å². The van der Waals surface area contributed by atoms with E-state index in [4.69, 9.17) is 0 Å². The second kappa shape index (κ2) is 8.09. The van der Waals surface area contributed by atoms with Crippen LogP contribution in [0.25, 0.3) is 0 Å². The molecule has 2 aliphatic heterocycles. The van der Waals surface area contributed by atoms with Crippen molar-refractivity contribution in [1.29, 1.82) is 0 Å². The summed E-state index contributed by atoms with van der Waals surface area (Å²) in [6.07, 6.45) is 8.74. The lowest BCUT2D eigenvalue weighted by molar-refractivity contribution is -0.135. The van der Waals surface area contributed by atoms with Gasteiger partial charge in [0.05, 0.1) is 5.92 Å². The molecule has 4 heteroatoms. The predicted molar refractivity (Wildman–Crippen MR) is 100.0 cm³/mol. The predicted octanol–water partition coefficient (Wildman–Crippen LogP) is 3.70. The van der Waals surface area contributed by atoms with Crippen molar-refractivity contribution in [3.8, 4) is 0 Å². The van der Waals surface area contributed by atoms with E-state index in [9.17, 15) is 9.59 Å². The summed E-state index contributed by atoms with van der Waals surface area (Å²) in [5.41, 5.74) is 0. The summed E-state index contributed by atoms with van der Waals surface area (Å²) in [4.78, 5) is 29.9. The summed E-state index contributed by atoms with van der Waals surface area (Å²) in [6, 6.07) is 0.346. The van der Waals surface area contributed by atoms with E-state index >= 15 is 0 Å². The molecule has 0 aromatic heterocycles. The molecule has 2 saturated heterocycles. The zero-order chi connectivity index (χ0) is 18.0. The van der Waals surface area contributed by atoms with Gasteiger partial charge in [-0.25, -0.2) is 0 Å². The Bertz CT molecular complexity index is 482. The van der Waals surface area contributed by atoms with Crippen LogP contribution < -0.4 is 0 Å². The first kappa shape index (κ1) is 18.7. The van der Waals surface area contributed by atoms with Gasteiger partial charge in [0, 0.05) is 32.1 Å². The third-order valence-corrected chi connectivity index (χ3v) is 6.81. The van der Waals surface area contributed by atoms with E-state index in [1.165, 1.54) is 25.7 Å². The molecule has 1 aliphatic carbocycles. The molecule has 3 rings (SSSR count). The Labute approximate surface area is 153 Å². The van der Waals surface area contributed by atoms with E-state index in [2.05, 4.69) is 25.7 Å². The van der Waals surface area contributed by atoms with Gasteiger partial charge in [-0.2, -0.15) is 0 Å². The molecule has 0 radical (unpaired) electrons. The van der Waals surface area contributed by atoms with Crippen molar-refractivity contribution in [2.45, 2.75) is 78.2 Å². The SMILES string of the molecule is CC(C)[C@@H]1CC[C@@H](C)C[C@H]1N1CC(C(=O)N2CCCCCC2)CC1=O. The average Bonchev–Trinajstić information content (AvgIpc) is 2.79. The van der Waals surface area contributed by atoms with E-state index in [0.29, 0.717) is 36.8 Å². The molecular formula is C21H36N2O2. The lowest BCUT2D eigenvalue weighted by atomic mass is 9.73. The molecule has 0 aromatic carbocycles. The highest BCUT2D eigenvalue weighted by atomic mass is 16.2. The van der Waals surface area contributed by atoms with Crippen LogP contribution in [-0.2, 0) is 9.59 Å². The van der Waals surface area contributed by atoms with Crippen molar-refractivity contribution in [2.24, 2.45) is 23.7 Å². The minimum atomic E-state index is -0.101. The van der Waals surface area contributed by atoms with Crippen molar-refractivity contribution in [3.63, 3.8) is 0 Å². The number of hydrogen-bond donors (Lipinski definition) is 0. The van der Waals surface area contributed by atoms with Gasteiger partial charge in [0.25, 0.3) is 0 Å². The number of carbonyl (C=O) groups excluding carboxylic acids is 2. The minimum Gasteiger partial charge on any atom is -0.342 e. The smallest absolute Gasteiger partial charge is 0.227 e. The number of hydrogen-bond acceptors (Lipinski definition) is 2. The van der Waals surface area contributed by atoms with Gasteiger partial charge in [0.15, 0.2) is 0 Å². The minimum absolute atomic E-state index is 0.101. The molecule has 2 heterocycles. The topological polar surface area (TPSA) is 40.6 Å². The normalized spacial score (nSPS) is 34.5. The quantitative estimate of drug-likeness (QED) is 0.780. The van der Waals surface area contributed by atoms with Gasteiger partial charge in [-0.3, -0.25) is 9.59 Å². The summed E-state index contributed by atoms with van der Waals surface area (Å²) < 4.78 is 0. The fraction of sp³-hybridized carbons (Fsp3) is 0.905. The summed E-state index contributed by atoms with van der Waals surface area (Å²) in [6.45, 7) is 9.32. The number of likely N-dealkylation sites (tertiary alicyclic amines) is 2. The molecule has 4 nitrogen and oxygen atoms in total. The van der Waals surface area contributed by atoms with E-state index in [1.54, 1.807) is 0 Å². The third-order valence-electron chi connectivity index (χ3n) is 6.81. The molecule has 1 unspecified atom stereocenters. The molecule has 0 bridgehead atoms. The van der Waals surface area contributed by atoms with Gasteiger partial charge >= 0.3 is 0 Å². The highest BCUT2D eigenvalue weighted by Gasteiger charge is 2.43. The first-order valence-electron chi connectivity index (χ1n) is 10.6. The average molecular weight is 349 g/mol. The Morgan fingerprint density at radius 1 is 1.08 bits per heavy atom. The Kier molecular flexibility index (Phi) is 6.06. The van der Waals surface area contributed by atoms with Gasteiger partial charge in [-0.1, -0.05) is 40.0 Å². The maximum Gasteiger partial charge on any atom is 0.227 e. The molecular weight excluding hydrogens is 312 g/mol. The van der Waals surface area contributed by atoms with Crippen LogP contribution in [0.1, 0.15) is 72.1 Å².